The fourth-order valence-electron chi connectivity index (χ4n) is 2.33. The van der Waals surface area contributed by atoms with E-state index in [1.54, 1.807) is 0 Å². The lowest BCUT2D eigenvalue weighted by atomic mass is 9.97. The van der Waals surface area contributed by atoms with Gasteiger partial charge in [0, 0.05) is 32.7 Å². The Bertz CT molecular complexity index is 385. The van der Waals surface area contributed by atoms with Crippen molar-refractivity contribution in [3.05, 3.63) is 35.9 Å². The molecule has 0 radical (unpaired) electrons. The Kier molecular flexibility index (Phi) is 4.33. The molecule has 98 valence electrons. The molecule has 0 aromatic heterocycles. The number of hydrogen-bond donors (Lipinski definition) is 1. The second-order valence-electron chi connectivity index (χ2n) is 4.97. The molecule has 1 amide bonds. The van der Waals surface area contributed by atoms with Gasteiger partial charge >= 0.3 is 0 Å². The maximum Gasteiger partial charge on any atom is 0.226 e. The molecule has 0 bridgehead atoms. The van der Waals surface area contributed by atoms with Crippen LogP contribution in [0.25, 0.3) is 0 Å². The lowest BCUT2D eigenvalue weighted by molar-refractivity contribution is -0.120. The van der Waals surface area contributed by atoms with Crippen LogP contribution >= 0.6 is 0 Å². The largest absolute Gasteiger partial charge is 0.369 e. The molecule has 0 spiro atoms. The molecule has 1 heterocycles. The topological polar surface area (TPSA) is 49.6 Å². The number of rotatable bonds is 4. The van der Waals surface area contributed by atoms with E-state index in [1.807, 2.05) is 30.3 Å². The zero-order valence-electron chi connectivity index (χ0n) is 10.9. The molecule has 0 saturated carbocycles. The van der Waals surface area contributed by atoms with Gasteiger partial charge in [-0.15, -0.1) is 0 Å². The van der Waals surface area contributed by atoms with Crippen molar-refractivity contribution >= 4 is 5.91 Å². The zero-order valence-corrected chi connectivity index (χ0v) is 10.9. The van der Waals surface area contributed by atoms with Crippen LogP contribution < -0.4 is 5.73 Å². The molecular formula is C14H21N3O. The molecule has 4 heteroatoms. The van der Waals surface area contributed by atoms with Crippen molar-refractivity contribution < 1.29 is 4.79 Å². The second-order valence-corrected chi connectivity index (χ2v) is 4.97. The van der Waals surface area contributed by atoms with Gasteiger partial charge in [0.25, 0.3) is 0 Å². The Morgan fingerprint density at radius 2 is 1.83 bits per heavy atom. The summed E-state index contributed by atoms with van der Waals surface area (Å²) in [6.07, 6.45) is 0. The molecule has 0 aliphatic carbocycles. The normalized spacial score (nSPS) is 19.6. The van der Waals surface area contributed by atoms with Crippen molar-refractivity contribution in [1.82, 2.24) is 9.80 Å². The van der Waals surface area contributed by atoms with Gasteiger partial charge in [-0.1, -0.05) is 30.3 Å². The minimum absolute atomic E-state index is 0.199. The van der Waals surface area contributed by atoms with Gasteiger partial charge in [-0.2, -0.15) is 0 Å². The first-order valence-corrected chi connectivity index (χ1v) is 6.42. The summed E-state index contributed by atoms with van der Waals surface area (Å²) in [6, 6.07) is 9.82. The number of hydrogen-bond acceptors (Lipinski definition) is 3. The van der Waals surface area contributed by atoms with Gasteiger partial charge in [0.05, 0.1) is 5.92 Å². The number of primary amides is 1. The Labute approximate surface area is 108 Å². The molecule has 4 nitrogen and oxygen atoms in total. The summed E-state index contributed by atoms with van der Waals surface area (Å²) in [5.41, 5.74) is 6.55. The highest BCUT2D eigenvalue weighted by Gasteiger charge is 2.23. The lowest BCUT2D eigenvalue weighted by Crippen LogP contribution is -2.47. The number of benzene rings is 1. The SMILES string of the molecule is CN1CCN(CC(C(N)=O)c2ccccc2)CC1. The Morgan fingerprint density at radius 3 is 2.39 bits per heavy atom. The summed E-state index contributed by atoms with van der Waals surface area (Å²) in [4.78, 5) is 16.2. The molecule has 1 saturated heterocycles. The molecule has 1 aromatic carbocycles. The molecule has 1 aromatic rings. The predicted octanol–water partition coefficient (Wildman–Crippen LogP) is 0.503. The quantitative estimate of drug-likeness (QED) is 0.843. The van der Waals surface area contributed by atoms with Crippen LogP contribution in [0, 0.1) is 0 Å². The summed E-state index contributed by atoms with van der Waals surface area (Å²) < 4.78 is 0. The molecule has 1 aliphatic heterocycles. The third kappa shape index (κ3) is 3.31. The number of carbonyl (C=O) groups is 1. The van der Waals surface area contributed by atoms with Crippen LogP contribution in [0.4, 0.5) is 0 Å². The van der Waals surface area contributed by atoms with Gasteiger partial charge < -0.3 is 10.6 Å². The van der Waals surface area contributed by atoms with E-state index in [2.05, 4.69) is 16.8 Å². The van der Waals surface area contributed by atoms with Crippen LogP contribution in [0.1, 0.15) is 11.5 Å². The number of carbonyl (C=O) groups excluding carboxylic acids is 1. The van der Waals surface area contributed by atoms with E-state index in [-0.39, 0.29) is 11.8 Å². The van der Waals surface area contributed by atoms with E-state index in [9.17, 15) is 4.79 Å². The Morgan fingerprint density at radius 1 is 1.22 bits per heavy atom. The summed E-state index contributed by atoms with van der Waals surface area (Å²) in [7, 11) is 2.13. The number of amides is 1. The monoisotopic (exact) mass is 247 g/mol. The lowest BCUT2D eigenvalue weighted by Gasteiger charge is -2.34. The van der Waals surface area contributed by atoms with E-state index >= 15 is 0 Å². The fourth-order valence-corrected chi connectivity index (χ4v) is 2.33. The average molecular weight is 247 g/mol. The van der Waals surface area contributed by atoms with Crippen molar-refractivity contribution in [3.8, 4) is 0 Å². The third-order valence-electron chi connectivity index (χ3n) is 3.58. The number of nitrogens with zero attached hydrogens (tertiary/aromatic N) is 2. The number of nitrogens with two attached hydrogens (primary N) is 1. The van der Waals surface area contributed by atoms with E-state index in [0.717, 1.165) is 38.3 Å². The summed E-state index contributed by atoms with van der Waals surface area (Å²) in [5, 5.41) is 0. The zero-order chi connectivity index (χ0) is 13.0. The summed E-state index contributed by atoms with van der Waals surface area (Å²) in [6.45, 7) is 4.86. The van der Waals surface area contributed by atoms with Gasteiger partial charge in [-0.25, -0.2) is 0 Å². The highest BCUT2D eigenvalue weighted by molar-refractivity contribution is 5.82. The Hall–Kier alpha value is -1.39. The molecule has 1 aliphatic rings. The molecule has 2 rings (SSSR count). The van der Waals surface area contributed by atoms with E-state index in [0.29, 0.717) is 0 Å². The van der Waals surface area contributed by atoms with Gasteiger partial charge in [0.15, 0.2) is 0 Å². The predicted molar refractivity (Wildman–Crippen MR) is 72.3 cm³/mol. The fraction of sp³-hybridized carbons (Fsp3) is 0.500. The molecule has 1 unspecified atom stereocenters. The van der Waals surface area contributed by atoms with Crippen molar-refractivity contribution in [2.24, 2.45) is 5.73 Å². The highest BCUT2D eigenvalue weighted by Crippen LogP contribution is 2.17. The van der Waals surface area contributed by atoms with Gasteiger partial charge in [0.1, 0.15) is 0 Å². The molecule has 1 fully saturated rings. The standard InChI is InChI=1S/C14H21N3O/c1-16-7-9-17(10-8-16)11-13(14(15)18)12-5-3-2-4-6-12/h2-6,13H,7-11H2,1H3,(H2,15,18). The summed E-state index contributed by atoms with van der Waals surface area (Å²) in [5.74, 6) is -0.435. The van der Waals surface area contributed by atoms with Crippen LogP contribution in [0.5, 0.6) is 0 Å². The Balaban J connectivity index is 2.01. The molecule has 2 N–H and O–H groups in total. The van der Waals surface area contributed by atoms with Gasteiger partial charge in [-0.3, -0.25) is 9.69 Å². The number of piperazine rings is 1. The minimum atomic E-state index is -0.236. The van der Waals surface area contributed by atoms with Crippen molar-refractivity contribution in [1.29, 1.82) is 0 Å². The smallest absolute Gasteiger partial charge is 0.226 e. The first-order chi connectivity index (χ1) is 8.66. The maximum absolute atomic E-state index is 11.6. The van der Waals surface area contributed by atoms with Crippen LogP contribution in [0.2, 0.25) is 0 Å². The van der Waals surface area contributed by atoms with Crippen molar-refractivity contribution in [3.63, 3.8) is 0 Å². The molecule has 18 heavy (non-hydrogen) atoms. The van der Waals surface area contributed by atoms with E-state index in [1.165, 1.54) is 0 Å². The van der Waals surface area contributed by atoms with E-state index < -0.39 is 0 Å². The highest BCUT2D eigenvalue weighted by atomic mass is 16.1. The maximum atomic E-state index is 11.6. The second kappa shape index (κ2) is 5.98. The van der Waals surface area contributed by atoms with Gasteiger partial charge in [0.2, 0.25) is 5.91 Å². The molecular weight excluding hydrogens is 226 g/mol. The first kappa shape index (κ1) is 13.1. The van der Waals surface area contributed by atoms with Crippen LogP contribution in [0.3, 0.4) is 0 Å². The first-order valence-electron chi connectivity index (χ1n) is 6.42. The summed E-state index contributed by atoms with van der Waals surface area (Å²) >= 11 is 0. The average Bonchev–Trinajstić information content (AvgIpc) is 2.38. The number of likely N-dealkylation sites (N-methyl/N-ethyl adjacent to an activating group) is 1. The third-order valence-corrected chi connectivity index (χ3v) is 3.58. The molecule has 1 atom stereocenters. The minimum Gasteiger partial charge on any atom is -0.369 e. The van der Waals surface area contributed by atoms with Crippen molar-refractivity contribution in [2.45, 2.75) is 5.92 Å². The van der Waals surface area contributed by atoms with Crippen LogP contribution in [-0.4, -0.2) is 55.5 Å². The van der Waals surface area contributed by atoms with E-state index in [4.69, 9.17) is 5.73 Å². The van der Waals surface area contributed by atoms with Crippen LogP contribution in [0.15, 0.2) is 30.3 Å². The van der Waals surface area contributed by atoms with Crippen LogP contribution in [-0.2, 0) is 4.79 Å². The van der Waals surface area contributed by atoms with Gasteiger partial charge in [-0.05, 0) is 12.6 Å². The van der Waals surface area contributed by atoms with Crippen molar-refractivity contribution in [2.75, 3.05) is 39.8 Å².